The standard InChI is InChI=1S/C30H28N6/c1-2-6-19(7-3-1)12-20-13-22(17-31-16-20)26-15-25-28(18-33-26)35-36-29(25)27-14-24-23(21-8-4-5-9-21)10-11-32-30(24)34-27/h4,8-11,13-19H,1-3,5-7,12H2,(H,32,34)(H,35,36). The molecule has 1 saturated carbocycles. The van der Waals surface area contributed by atoms with Crippen molar-refractivity contribution in [3.05, 3.63) is 78.4 Å². The predicted octanol–water partition coefficient (Wildman–Crippen LogP) is 7.03. The highest BCUT2D eigenvalue weighted by molar-refractivity contribution is 6.00. The third-order valence-electron chi connectivity index (χ3n) is 7.66. The molecule has 0 atom stereocenters. The minimum Gasteiger partial charge on any atom is -0.338 e. The lowest BCUT2D eigenvalue weighted by atomic mass is 9.85. The van der Waals surface area contributed by atoms with Crippen LogP contribution in [0.5, 0.6) is 0 Å². The Kier molecular flexibility index (Phi) is 5.23. The highest BCUT2D eigenvalue weighted by atomic mass is 15.1. The van der Waals surface area contributed by atoms with Crippen molar-refractivity contribution in [3.63, 3.8) is 0 Å². The molecule has 178 valence electrons. The van der Waals surface area contributed by atoms with Crippen molar-refractivity contribution in [1.82, 2.24) is 30.1 Å². The Labute approximate surface area is 209 Å². The molecule has 5 aromatic rings. The van der Waals surface area contributed by atoms with E-state index < -0.39 is 0 Å². The van der Waals surface area contributed by atoms with Crippen LogP contribution in [0.2, 0.25) is 0 Å². The topological polar surface area (TPSA) is 83.1 Å². The van der Waals surface area contributed by atoms with Crippen molar-refractivity contribution in [2.45, 2.75) is 44.9 Å². The zero-order chi connectivity index (χ0) is 23.9. The van der Waals surface area contributed by atoms with E-state index in [2.05, 4.69) is 67.6 Å². The summed E-state index contributed by atoms with van der Waals surface area (Å²) in [6, 6.07) is 8.63. The third kappa shape index (κ3) is 3.83. The SMILES string of the molecule is C1=CC(c2ccnc3[nH]c(-c4n[nH]c5cnc(-c6cncc(CC7CCCCC7)c6)cc45)cc23)=CC1. The zero-order valence-electron chi connectivity index (χ0n) is 20.2. The average Bonchev–Trinajstić information content (AvgIpc) is 3.68. The zero-order valence-corrected chi connectivity index (χ0v) is 20.2. The van der Waals surface area contributed by atoms with Crippen LogP contribution in [-0.4, -0.2) is 30.1 Å². The fourth-order valence-corrected chi connectivity index (χ4v) is 5.81. The molecule has 7 rings (SSSR count). The van der Waals surface area contributed by atoms with Crippen LogP contribution >= 0.6 is 0 Å². The first-order chi connectivity index (χ1) is 17.8. The molecule has 0 spiro atoms. The molecule has 5 aromatic heterocycles. The number of rotatable bonds is 5. The van der Waals surface area contributed by atoms with Gasteiger partial charge in [0.05, 0.1) is 23.1 Å². The van der Waals surface area contributed by atoms with Gasteiger partial charge in [-0.15, -0.1) is 0 Å². The fraction of sp³-hybridized carbons (Fsp3) is 0.267. The first-order valence-corrected chi connectivity index (χ1v) is 13.0. The lowest BCUT2D eigenvalue weighted by Crippen LogP contribution is -2.09. The van der Waals surface area contributed by atoms with Gasteiger partial charge >= 0.3 is 0 Å². The molecular weight excluding hydrogens is 444 g/mol. The molecule has 36 heavy (non-hydrogen) atoms. The van der Waals surface area contributed by atoms with Gasteiger partial charge in [0, 0.05) is 34.9 Å². The summed E-state index contributed by atoms with van der Waals surface area (Å²) in [6.45, 7) is 0. The van der Waals surface area contributed by atoms with Crippen molar-refractivity contribution in [3.8, 4) is 22.6 Å². The van der Waals surface area contributed by atoms with Crippen molar-refractivity contribution in [2.24, 2.45) is 5.92 Å². The molecule has 0 amide bonds. The third-order valence-corrected chi connectivity index (χ3v) is 7.66. The second kappa shape index (κ2) is 8.86. The van der Waals surface area contributed by atoms with Crippen molar-refractivity contribution < 1.29 is 0 Å². The van der Waals surface area contributed by atoms with Crippen LogP contribution in [0.3, 0.4) is 0 Å². The van der Waals surface area contributed by atoms with Crippen LogP contribution < -0.4 is 0 Å². The van der Waals surface area contributed by atoms with Crippen molar-refractivity contribution in [1.29, 1.82) is 0 Å². The Morgan fingerprint density at radius 2 is 1.89 bits per heavy atom. The lowest BCUT2D eigenvalue weighted by molar-refractivity contribution is 0.356. The molecule has 0 aromatic carbocycles. The van der Waals surface area contributed by atoms with E-state index >= 15 is 0 Å². The van der Waals surface area contributed by atoms with E-state index in [1.165, 1.54) is 48.8 Å². The Balaban J connectivity index is 1.25. The van der Waals surface area contributed by atoms with Crippen LogP contribution in [0.1, 0.15) is 49.7 Å². The summed E-state index contributed by atoms with van der Waals surface area (Å²) in [5.41, 5.74) is 9.31. The van der Waals surface area contributed by atoms with E-state index in [-0.39, 0.29) is 0 Å². The Morgan fingerprint density at radius 3 is 2.78 bits per heavy atom. The highest BCUT2D eigenvalue weighted by Crippen LogP contribution is 2.34. The van der Waals surface area contributed by atoms with Gasteiger partial charge in [-0.2, -0.15) is 5.10 Å². The maximum atomic E-state index is 4.73. The fourth-order valence-electron chi connectivity index (χ4n) is 5.81. The van der Waals surface area contributed by atoms with E-state index in [1.54, 1.807) is 0 Å². The molecule has 0 saturated heterocycles. The summed E-state index contributed by atoms with van der Waals surface area (Å²) in [5.74, 6) is 0.780. The van der Waals surface area contributed by atoms with Gasteiger partial charge in [0.15, 0.2) is 0 Å². The molecule has 1 fully saturated rings. The van der Waals surface area contributed by atoms with Crippen molar-refractivity contribution in [2.75, 3.05) is 0 Å². The van der Waals surface area contributed by atoms with Crippen LogP contribution in [0, 0.1) is 5.92 Å². The van der Waals surface area contributed by atoms with E-state index in [0.29, 0.717) is 0 Å². The maximum Gasteiger partial charge on any atom is 0.138 e. The number of hydrogen-bond acceptors (Lipinski definition) is 4. The molecule has 5 heterocycles. The molecule has 2 N–H and O–H groups in total. The molecule has 0 radical (unpaired) electrons. The van der Waals surface area contributed by atoms with Crippen LogP contribution in [-0.2, 0) is 6.42 Å². The second-order valence-corrected chi connectivity index (χ2v) is 10.1. The molecular formula is C30H28N6. The maximum absolute atomic E-state index is 4.73. The van der Waals surface area contributed by atoms with Gasteiger partial charge in [-0.3, -0.25) is 15.1 Å². The van der Waals surface area contributed by atoms with E-state index in [1.807, 2.05) is 24.8 Å². The second-order valence-electron chi connectivity index (χ2n) is 10.1. The molecule has 6 heteroatoms. The molecule has 2 aliphatic carbocycles. The quantitative estimate of drug-likeness (QED) is 0.288. The average molecular weight is 473 g/mol. The smallest absolute Gasteiger partial charge is 0.138 e. The minimum atomic E-state index is 0.780. The summed E-state index contributed by atoms with van der Waals surface area (Å²) in [6.07, 6.45) is 23.1. The van der Waals surface area contributed by atoms with Gasteiger partial charge in [-0.1, -0.05) is 50.3 Å². The monoisotopic (exact) mass is 472 g/mol. The van der Waals surface area contributed by atoms with Gasteiger partial charge in [-0.25, -0.2) is 4.98 Å². The molecule has 6 nitrogen and oxygen atoms in total. The summed E-state index contributed by atoms with van der Waals surface area (Å²) in [5, 5.41) is 9.94. The Morgan fingerprint density at radius 1 is 0.944 bits per heavy atom. The highest BCUT2D eigenvalue weighted by Gasteiger charge is 2.17. The number of pyridine rings is 3. The number of nitrogens with zero attached hydrogens (tertiary/aromatic N) is 4. The largest absolute Gasteiger partial charge is 0.338 e. The summed E-state index contributed by atoms with van der Waals surface area (Å²) in [4.78, 5) is 17.4. The number of fused-ring (bicyclic) bond motifs is 2. The van der Waals surface area contributed by atoms with Gasteiger partial charge < -0.3 is 4.98 Å². The normalized spacial score (nSPS) is 16.3. The molecule has 0 aliphatic heterocycles. The first kappa shape index (κ1) is 21.2. The van der Waals surface area contributed by atoms with Gasteiger partial charge in [0.1, 0.15) is 11.3 Å². The summed E-state index contributed by atoms with van der Waals surface area (Å²) < 4.78 is 0. The Bertz CT molecular complexity index is 1630. The molecule has 2 aliphatic rings. The summed E-state index contributed by atoms with van der Waals surface area (Å²) >= 11 is 0. The van der Waals surface area contributed by atoms with Gasteiger partial charge in [-0.05, 0) is 59.7 Å². The van der Waals surface area contributed by atoms with Gasteiger partial charge in [0.25, 0.3) is 0 Å². The van der Waals surface area contributed by atoms with E-state index in [0.717, 1.165) is 63.3 Å². The first-order valence-electron chi connectivity index (χ1n) is 13.0. The van der Waals surface area contributed by atoms with Crippen molar-refractivity contribution >= 4 is 27.5 Å². The minimum absolute atomic E-state index is 0.780. The molecule has 0 bridgehead atoms. The Hall–Kier alpha value is -4.06. The van der Waals surface area contributed by atoms with Crippen LogP contribution in [0.15, 0.2) is 67.3 Å². The summed E-state index contributed by atoms with van der Waals surface area (Å²) in [7, 11) is 0. The number of allylic oxidation sites excluding steroid dienone is 4. The predicted molar refractivity (Wildman–Crippen MR) is 144 cm³/mol. The molecule has 0 unspecified atom stereocenters. The number of aromatic amines is 2. The number of H-pyrrole nitrogens is 2. The van der Waals surface area contributed by atoms with Gasteiger partial charge in [0.2, 0.25) is 0 Å². The van der Waals surface area contributed by atoms with Crippen LogP contribution in [0.4, 0.5) is 0 Å². The number of hydrogen-bond donors (Lipinski definition) is 2. The lowest BCUT2D eigenvalue weighted by Gasteiger charge is -2.21. The van der Waals surface area contributed by atoms with Crippen LogP contribution in [0.25, 0.3) is 50.2 Å². The van der Waals surface area contributed by atoms with E-state index in [4.69, 9.17) is 4.98 Å². The van der Waals surface area contributed by atoms with E-state index in [9.17, 15) is 0 Å². The number of aromatic nitrogens is 6. The number of nitrogens with one attached hydrogen (secondary N) is 2.